The van der Waals surface area contributed by atoms with Crippen molar-refractivity contribution in [2.75, 3.05) is 20.6 Å². The van der Waals surface area contributed by atoms with Crippen LogP contribution in [0.15, 0.2) is 18.2 Å². The second-order valence-electron chi connectivity index (χ2n) is 3.94. The van der Waals surface area contributed by atoms with Crippen LogP contribution < -0.4 is 5.32 Å². The minimum absolute atomic E-state index is 0.121. The lowest BCUT2D eigenvalue weighted by Crippen LogP contribution is -2.14. The second kappa shape index (κ2) is 5.83. The molecule has 1 rings (SSSR count). The predicted molar refractivity (Wildman–Crippen MR) is 61.2 cm³/mol. The van der Waals surface area contributed by atoms with Crippen molar-refractivity contribution in [3.8, 4) is 0 Å². The van der Waals surface area contributed by atoms with Crippen molar-refractivity contribution in [1.82, 2.24) is 10.2 Å². The Balaban J connectivity index is 2.75. The number of rotatable bonds is 5. The van der Waals surface area contributed by atoms with E-state index in [4.69, 9.17) is 0 Å². The van der Waals surface area contributed by atoms with Crippen molar-refractivity contribution < 1.29 is 4.39 Å². The summed E-state index contributed by atoms with van der Waals surface area (Å²) in [6.45, 7) is 4.44. The standard InChI is InChI=1S/C12H19FN2/c1-4-14-8-10-5-6-12(13)11(7-10)9-15(2)3/h5-7,14H,4,8-9H2,1-3H3. The zero-order valence-electron chi connectivity index (χ0n) is 9.68. The van der Waals surface area contributed by atoms with Crippen LogP contribution in [0.1, 0.15) is 18.1 Å². The molecule has 0 amide bonds. The van der Waals surface area contributed by atoms with E-state index in [1.807, 2.05) is 31.1 Å². The van der Waals surface area contributed by atoms with Gasteiger partial charge in [0.25, 0.3) is 0 Å². The van der Waals surface area contributed by atoms with Crippen molar-refractivity contribution in [3.05, 3.63) is 35.1 Å². The minimum Gasteiger partial charge on any atom is -0.313 e. The van der Waals surface area contributed by atoms with Gasteiger partial charge in [-0.15, -0.1) is 0 Å². The third-order valence-corrected chi connectivity index (χ3v) is 2.18. The second-order valence-corrected chi connectivity index (χ2v) is 3.94. The van der Waals surface area contributed by atoms with Crippen molar-refractivity contribution in [3.63, 3.8) is 0 Å². The summed E-state index contributed by atoms with van der Waals surface area (Å²) >= 11 is 0. The molecule has 15 heavy (non-hydrogen) atoms. The normalized spacial score (nSPS) is 11.0. The quantitative estimate of drug-likeness (QED) is 0.799. The van der Waals surface area contributed by atoms with Crippen LogP contribution >= 0.6 is 0 Å². The van der Waals surface area contributed by atoms with Crippen LogP contribution in [0.3, 0.4) is 0 Å². The number of halogens is 1. The zero-order chi connectivity index (χ0) is 11.3. The predicted octanol–water partition coefficient (Wildman–Crippen LogP) is 2.00. The van der Waals surface area contributed by atoms with E-state index >= 15 is 0 Å². The van der Waals surface area contributed by atoms with Crippen LogP contribution in [0.4, 0.5) is 4.39 Å². The van der Waals surface area contributed by atoms with Crippen LogP contribution in [0.5, 0.6) is 0 Å². The summed E-state index contributed by atoms with van der Waals surface area (Å²) in [7, 11) is 3.88. The van der Waals surface area contributed by atoms with Gasteiger partial charge in [0.05, 0.1) is 0 Å². The molecule has 0 aliphatic carbocycles. The Labute approximate surface area is 91.1 Å². The topological polar surface area (TPSA) is 15.3 Å². The van der Waals surface area contributed by atoms with E-state index < -0.39 is 0 Å². The maximum absolute atomic E-state index is 13.4. The smallest absolute Gasteiger partial charge is 0.127 e. The molecule has 0 atom stereocenters. The molecule has 0 saturated heterocycles. The fraction of sp³-hybridized carbons (Fsp3) is 0.500. The molecule has 0 fully saturated rings. The van der Waals surface area contributed by atoms with Crippen molar-refractivity contribution in [2.45, 2.75) is 20.0 Å². The molecule has 84 valence electrons. The molecule has 3 heteroatoms. The molecule has 2 nitrogen and oxygen atoms in total. The van der Waals surface area contributed by atoms with E-state index in [-0.39, 0.29) is 5.82 Å². The number of benzene rings is 1. The largest absolute Gasteiger partial charge is 0.313 e. The summed E-state index contributed by atoms with van der Waals surface area (Å²) in [5.74, 6) is -0.121. The highest BCUT2D eigenvalue weighted by Crippen LogP contribution is 2.12. The highest BCUT2D eigenvalue weighted by molar-refractivity contribution is 5.25. The molecule has 0 aliphatic heterocycles. The third-order valence-electron chi connectivity index (χ3n) is 2.18. The molecular formula is C12H19FN2. The first-order chi connectivity index (χ1) is 7.13. The van der Waals surface area contributed by atoms with Gasteiger partial charge in [-0.05, 0) is 32.3 Å². The molecule has 0 bridgehead atoms. The zero-order valence-corrected chi connectivity index (χ0v) is 9.68. The van der Waals surface area contributed by atoms with Crippen LogP contribution in [0.25, 0.3) is 0 Å². The molecule has 1 aromatic rings. The highest BCUT2D eigenvalue weighted by atomic mass is 19.1. The van der Waals surface area contributed by atoms with Crippen molar-refractivity contribution in [1.29, 1.82) is 0 Å². The molecule has 1 aromatic carbocycles. The summed E-state index contributed by atoms with van der Waals surface area (Å²) in [5, 5.41) is 3.23. The maximum Gasteiger partial charge on any atom is 0.127 e. The first kappa shape index (κ1) is 12.1. The molecule has 0 saturated carbocycles. The van der Waals surface area contributed by atoms with Gasteiger partial charge < -0.3 is 10.2 Å². The first-order valence-electron chi connectivity index (χ1n) is 5.26. The lowest BCUT2D eigenvalue weighted by Gasteiger charge is -2.12. The molecule has 0 spiro atoms. The van der Waals surface area contributed by atoms with Crippen LogP contribution in [0.2, 0.25) is 0 Å². The van der Waals surface area contributed by atoms with Gasteiger partial charge in [0.15, 0.2) is 0 Å². The van der Waals surface area contributed by atoms with E-state index in [9.17, 15) is 4.39 Å². The number of nitrogens with zero attached hydrogens (tertiary/aromatic N) is 1. The van der Waals surface area contributed by atoms with Crippen LogP contribution in [-0.4, -0.2) is 25.5 Å². The van der Waals surface area contributed by atoms with Gasteiger partial charge in [-0.1, -0.05) is 19.1 Å². The SMILES string of the molecule is CCNCc1ccc(F)c(CN(C)C)c1. The van der Waals surface area contributed by atoms with E-state index in [2.05, 4.69) is 12.2 Å². The van der Waals surface area contributed by atoms with Gasteiger partial charge >= 0.3 is 0 Å². The summed E-state index contributed by atoms with van der Waals surface area (Å²) in [4.78, 5) is 1.97. The maximum atomic E-state index is 13.4. The molecule has 0 heterocycles. The Hall–Kier alpha value is -0.930. The molecule has 0 unspecified atom stereocenters. The van der Waals surface area contributed by atoms with Crippen LogP contribution in [-0.2, 0) is 13.1 Å². The van der Waals surface area contributed by atoms with Crippen molar-refractivity contribution in [2.24, 2.45) is 0 Å². The average Bonchev–Trinajstić information content (AvgIpc) is 2.18. The summed E-state index contributed by atoms with van der Waals surface area (Å²) in [6, 6.07) is 5.31. The van der Waals surface area contributed by atoms with E-state index in [1.54, 1.807) is 6.07 Å². The Morgan fingerprint density at radius 2 is 2.07 bits per heavy atom. The molecule has 0 aromatic heterocycles. The third kappa shape index (κ3) is 3.98. The molecule has 0 aliphatic rings. The van der Waals surface area contributed by atoms with Gasteiger partial charge in [-0.25, -0.2) is 4.39 Å². The Kier molecular flexibility index (Phi) is 4.72. The molecule has 1 N–H and O–H groups in total. The van der Waals surface area contributed by atoms with Gasteiger partial charge in [-0.2, -0.15) is 0 Å². The Morgan fingerprint density at radius 3 is 2.67 bits per heavy atom. The Bertz CT molecular complexity index is 310. The van der Waals surface area contributed by atoms with Crippen LogP contribution in [0, 0.1) is 5.82 Å². The number of hydrogen-bond donors (Lipinski definition) is 1. The van der Waals surface area contributed by atoms with Gasteiger partial charge in [0, 0.05) is 18.7 Å². The number of nitrogens with one attached hydrogen (secondary N) is 1. The van der Waals surface area contributed by atoms with Gasteiger partial charge in [0.2, 0.25) is 0 Å². The van der Waals surface area contributed by atoms with E-state index in [0.29, 0.717) is 6.54 Å². The first-order valence-corrected chi connectivity index (χ1v) is 5.26. The Morgan fingerprint density at radius 1 is 1.33 bits per heavy atom. The average molecular weight is 210 g/mol. The van der Waals surface area contributed by atoms with E-state index in [1.165, 1.54) is 0 Å². The van der Waals surface area contributed by atoms with Crippen molar-refractivity contribution >= 4 is 0 Å². The summed E-state index contributed by atoms with van der Waals surface area (Å²) < 4.78 is 13.4. The molecular weight excluding hydrogens is 191 g/mol. The summed E-state index contributed by atoms with van der Waals surface area (Å²) in [6.07, 6.45) is 0. The van der Waals surface area contributed by atoms with E-state index in [0.717, 1.165) is 24.2 Å². The fourth-order valence-corrected chi connectivity index (χ4v) is 1.47. The monoisotopic (exact) mass is 210 g/mol. The van der Waals surface area contributed by atoms with Gasteiger partial charge in [-0.3, -0.25) is 0 Å². The lowest BCUT2D eigenvalue weighted by molar-refractivity contribution is 0.392. The van der Waals surface area contributed by atoms with Gasteiger partial charge in [0.1, 0.15) is 5.82 Å². The number of hydrogen-bond acceptors (Lipinski definition) is 2. The lowest BCUT2D eigenvalue weighted by atomic mass is 10.1. The summed E-state index contributed by atoms with van der Waals surface area (Å²) in [5.41, 5.74) is 1.89. The molecule has 0 radical (unpaired) electrons. The minimum atomic E-state index is -0.121. The fourth-order valence-electron chi connectivity index (χ4n) is 1.47. The highest BCUT2D eigenvalue weighted by Gasteiger charge is 2.04.